The molecule has 0 radical (unpaired) electrons. The average molecular weight is 604 g/mol. The first-order chi connectivity index (χ1) is 21.2. The van der Waals surface area contributed by atoms with Crippen molar-refractivity contribution in [2.24, 2.45) is 0 Å². The molecule has 0 spiro atoms. The van der Waals surface area contributed by atoms with E-state index in [1.807, 2.05) is 6.08 Å². The van der Waals surface area contributed by atoms with Gasteiger partial charge >= 0.3 is 0 Å². The molecule has 0 aliphatic heterocycles. The molecule has 0 aromatic heterocycles. The molecule has 0 aromatic carbocycles. The molecule has 0 fully saturated rings. The van der Waals surface area contributed by atoms with Gasteiger partial charge in [0.2, 0.25) is 5.91 Å². The lowest BCUT2D eigenvalue weighted by atomic mass is 10.0. The molecule has 0 heterocycles. The summed E-state index contributed by atoms with van der Waals surface area (Å²) in [4.78, 5) is 12.3. The van der Waals surface area contributed by atoms with Crippen molar-refractivity contribution in [2.75, 3.05) is 6.61 Å². The van der Waals surface area contributed by atoms with Crippen molar-refractivity contribution in [1.82, 2.24) is 5.32 Å². The van der Waals surface area contributed by atoms with Crippen molar-refractivity contribution in [3.63, 3.8) is 0 Å². The van der Waals surface area contributed by atoms with E-state index < -0.39 is 12.1 Å². The summed E-state index contributed by atoms with van der Waals surface area (Å²) in [5.74, 6) is -0.0786. The van der Waals surface area contributed by atoms with Gasteiger partial charge in [0.1, 0.15) is 0 Å². The van der Waals surface area contributed by atoms with E-state index in [1.54, 1.807) is 6.08 Å². The van der Waals surface area contributed by atoms with Crippen LogP contribution in [-0.2, 0) is 4.79 Å². The van der Waals surface area contributed by atoms with Crippen LogP contribution in [0.3, 0.4) is 0 Å². The molecular weight excluding hydrogens is 530 g/mol. The molecular formula is C39H73NO3. The molecule has 0 aromatic rings. The number of allylic oxidation sites excluding steroid dienone is 5. The summed E-state index contributed by atoms with van der Waals surface area (Å²) < 4.78 is 0. The minimum Gasteiger partial charge on any atom is -0.394 e. The minimum absolute atomic E-state index is 0.0786. The number of hydrogen-bond acceptors (Lipinski definition) is 3. The van der Waals surface area contributed by atoms with Crippen molar-refractivity contribution < 1.29 is 15.0 Å². The molecule has 43 heavy (non-hydrogen) atoms. The monoisotopic (exact) mass is 604 g/mol. The van der Waals surface area contributed by atoms with Crippen LogP contribution in [0, 0.1) is 0 Å². The van der Waals surface area contributed by atoms with E-state index in [2.05, 4.69) is 43.5 Å². The molecule has 2 atom stereocenters. The molecule has 0 rings (SSSR count). The Hall–Kier alpha value is -1.39. The summed E-state index contributed by atoms with van der Waals surface area (Å²) in [6.45, 7) is 4.24. The van der Waals surface area contributed by atoms with Crippen molar-refractivity contribution in [3.05, 3.63) is 36.5 Å². The zero-order valence-corrected chi connectivity index (χ0v) is 28.7. The lowest BCUT2D eigenvalue weighted by Gasteiger charge is -2.19. The molecule has 2 unspecified atom stereocenters. The van der Waals surface area contributed by atoms with Gasteiger partial charge in [-0.1, -0.05) is 179 Å². The standard InChI is InChI=1S/C39H73NO3/c1-3-5-7-9-11-13-15-17-18-19-20-21-22-23-25-27-29-31-33-35-39(43)40-37(36-41)38(42)34-32-30-28-26-24-16-14-12-10-8-6-4-2/h10,12,24,26,32,34,37-38,41-42H,3-9,11,13-23,25,27-31,33,35-36H2,1-2H3,(H,40,43)/b12-10+,26-24+,34-32+. The van der Waals surface area contributed by atoms with Crippen molar-refractivity contribution in [1.29, 1.82) is 0 Å². The van der Waals surface area contributed by atoms with E-state index >= 15 is 0 Å². The Morgan fingerprint density at radius 1 is 0.535 bits per heavy atom. The van der Waals surface area contributed by atoms with Crippen LogP contribution in [-0.4, -0.2) is 34.9 Å². The second-order valence-corrected chi connectivity index (χ2v) is 12.6. The Morgan fingerprint density at radius 3 is 1.33 bits per heavy atom. The van der Waals surface area contributed by atoms with Gasteiger partial charge in [0.15, 0.2) is 0 Å². The van der Waals surface area contributed by atoms with Crippen LogP contribution in [0.4, 0.5) is 0 Å². The van der Waals surface area contributed by atoms with Crippen LogP contribution >= 0.6 is 0 Å². The van der Waals surface area contributed by atoms with Crippen LogP contribution < -0.4 is 5.32 Å². The van der Waals surface area contributed by atoms with E-state index in [0.717, 1.165) is 38.5 Å². The Labute approximate surface area is 268 Å². The topological polar surface area (TPSA) is 69.6 Å². The van der Waals surface area contributed by atoms with Gasteiger partial charge in [-0.3, -0.25) is 4.79 Å². The summed E-state index contributed by atoms with van der Waals surface area (Å²) in [5, 5.41) is 22.8. The Morgan fingerprint density at radius 2 is 0.907 bits per heavy atom. The molecule has 0 bridgehead atoms. The molecule has 0 aliphatic carbocycles. The van der Waals surface area contributed by atoms with Gasteiger partial charge in [-0.25, -0.2) is 0 Å². The fourth-order valence-electron chi connectivity index (χ4n) is 5.43. The van der Waals surface area contributed by atoms with Crippen LogP contribution in [0.2, 0.25) is 0 Å². The predicted octanol–water partition coefficient (Wildman–Crippen LogP) is 11.1. The summed E-state index contributed by atoms with van der Waals surface area (Å²) in [6.07, 6.45) is 45.2. The summed E-state index contributed by atoms with van der Waals surface area (Å²) >= 11 is 0. The molecule has 4 heteroatoms. The minimum atomic E-state index is -0.865. The molecule has 0 saturated heterocycles. The number of aliphatic hydroxyl groups is 2. The highest BCUT2D eigenvalue weighted by molar-refractivity contribution is 5.76. The molecule has 1 amide bonds. The lowest BCUT2D eigenvalue weighted by molar-refractivity contribution is -0.123. The second-order valence-electron chi connectivity index (χ2n) is 12.6. The quantitative estimate of drug-likeness (QED) is 0.0516. The van der Waals surface area contributed by atoms with Gasteiger partial charge in [0, 0.05) is 6.42 Å². The van der Waals surface area contributed by atoms with E-state index in [4.69, 9.17) is 0 Å². The third kappa shape index (κ3) is 31.8. The Bertz CT molecular complexity index is 657. The van der Waals surface area contributed by atoms with E-state index in [9.17, 15) is 15.0 Å². The summed E-state index contributed by atoms with van der Waals surface area (Å²) in [5.41, 5.74) is 0. The van der Waals surface area contributed by atoms with Crippen molar-refractivity contribution in [2.45, 2.75) is 199 Å². The molecule has 0 aliphatic rings. The summed E-state index contributed by atoms with van der Waals surface area (Å²) in [6, 6.07) is -0.640. The number of amides is 1. The highest BCUT2D eigenvalue weighted by atomic mass is 16.3. The van der Waals surface area contributed by atoms with Gasteiger partial charge in [-0.15, -0.1) is 0 Å². The van der Waals surface area contributed by atoms with Crippen molar-refractivity contribution in [3.8, 4) is 0 Å². The lowest BCUT2D eigenvalue weighted by Crippen LogP contribution is -2.45. The van der Waals surface area contributed by atoms with Crippen molar-refractivity contribution >= 4 is 5.91 Å². The first-order valence-electron chi connectivity index (χ1n) is 18.7. The highest BCUT2D eigenvalue weighted by Crippen LogP contribution is 2.15. The SMILES string of the molecule is CCCC/C=C/CC/C=C/CC/C=C/C(O)C(CO)NC(=O)CCCCCCCCCCCCCCCCCCCCC. The number of unbranched alkanes of at least 4 members (excludes halogenated alkanes) is 22. The van der Waals surface area contributed by atoms with E-state index in [0.29, 0.717) is 6.42 Å². The number of hydrogen-bond donors (Lipinski definition) is 3. The molecule has 4 nitrogen and oxygen atoms in total. The van der Waals surface area contributed by atoms with Gasteiger partial charge in [-0.2, -0.15) is 0 Å². The maximum atomic E-state index is 12.3. The number of aliphatic hydroxyl groups excluding tert-OH is 2. The second kappa shape index (κ2) is 35.1. The number of rotatable bonds is 33. The first-order valence-corrected chi connectivity index (χ1v) is 18.7. The maximum Gasteiger partial charge on any atom is 0.220 e. The van der Waals surface area contributed by atoms with Crippen LogP contribution in [0.5, 0.6) is 0 Å². The molecule has 0 saturated carbocycles. The fourth-order valence-corrected chi connectivity index (χ4v) is 5.43. The van der Waals surface area contributed by atoms with Gasteiger partial charge in [0.25, 0.3) is 0 Å². The summed E-state index contributed by atoms with van der Waals surface area (Å²) in [7, 11) is 0. The van der Waals surface area contributed by atoms with Gasteiger partial charge in [0.05, 0.1) is 18.8 Å². The third-order valence-electron chi connectivity index (χ3n) is 8.35. The van der Waals surface area contributed by atoms with Gasteiger partial charge < -0.3 is 15.5 Å². The predicted molar refractivity (Wildman–Crippen MR) is 188 cm³/mol. The fraction of sp³-hybridized carbons (Fsp3) is 0.821. The van der Waals surface area contributed by atoms with Crippen LogP contribution in [0.1, 0.15) is 187 Å². The van der Waals surface area contributed by atoms with E-state index in [1.165, 1.54) is 128 Å². The largest absolute Gasteiger partial charge is 0.394 e. The average Bonchev–Trinajstić information content (AvgIpc) is 3.01. The third-order valence-corrected chi connectivity index (χ3v) is 8.35. The highest BCUT2D eigenvalue weighted by Gasteiger charge is 2.17. The van der Waals surface area contributed by atoms with Crippen LogP contribution in [0.15, 0.2) is 36.5 Å². The van der Waals surface area contributed by atoms with Gasteiger partial charge in [-0.05, 0) is 38.5 Å². The molecule has 3 N–H and O–H groups in total. The first kappa shape index (κ1) is 41.6. The van der Waals surface area contributed by atoms with Crippen LogP contribution in [0.25, 0.3) is 0 Å². The molecule has 252 valence electrons. The zero-order chi connectivity index (χ0) is 31.5. The maximum absolute atomic E-state index is 12.3. The number of nitrogens with one attached hydrogen (secondary N) is 1. The Balaban J connectivity index is 3.61. The zero-order valence-electron chi connectivity index (χ0n) is 28.7. The Kier molecular flexibility index (Phi) is 34.0. The number of carbonyl (C=O) groups is 1. The normalized spacial score (nSPS) is 13.5. The van der Waals surface area contributed by atoms with E-state index in [-0.39, 0.29) is 12.5 Å². The smallest absolute Gasteiger partial charge is 0.220 e. The number of carbonyl (C=O) groups excluding carboxylic acids is 1.